The van der Waals surface area contributed by atoms with E-state index in [2.05, 4.69) is 31.4 Å². The van der Waals surface area contributed by atoms with Crippen molar-refractivity contribution in [2.24, 2.45) is 7.05 Å². The maximum atomic E-state index is 6.13. The summed E-state index contributed by atoms with van der Waals surface area (Å²) in [6, 6.07) is 5.60. The number of thiocarbonyl (C=S) groups is 1. The Morgan fingerprint density at radius 1 is 1.28 bits per heavy atom. The van der Waals surface area contributed by atoms with Crippen LogP contribution in [0.3, 0.4) is 0 Å². The highest BCUT2D eigenvalue weighted by Gasteiger charge is 2.17. The van der Waals surface area contributed by atoms with Gasteiger partial charge in [0.05, 0.1) is 56.6 Å². The highest BCUT2D eigenvalue weighted by atomic mass is 79.9. The first-order chi connectivity index (χ1) is 13.7. The van der Waals surface area contributed by atoms with E-state index in [0.717, 1.165) is 32.8 Å². The van der Waals surface area contributed by atoms with Crippen molar-refractivity contribution < 1.29 is 0 Å². The molecule has 0 saturated heterocycles. The molecule has 1 N–H and O–H groups in total. The molecule has 0 fully saturated rings. The van der Waals surface area contributed by atoms with Crippen molar-refractivity contribution in [3.8, 4) is 0 Å². The lowest BCUT2D eigenvalue weighted by Crippen LogP contribution is -2.31. The van der Waals surface area contributed by atoms with E-state index in [-0.39, 0.29) is 0 Å². The lowest BCUT2D eigenvalue weighted by molar-refractivity contribution is 0.481. The number of hydrogen-bond donors (Lipinski definition) is 1. The molecular weight excluding hydrogens is 495 g/mol. The third kappa shape index (κ3) is 4.94. The average Bonchev–Trinajstić information content (AvgIpc) is 3.12. The monoisotopic (exact) mass is 514 g/mol. The van der Waals surface area contributed by atoms with E-state index in [1.165, 1.54) is 0 Å². The van der Waals surface area contributed by atoms with Crippen molar-refractivity contribution in [2.45, 2.75) is 26.9 Å². The van der Waals surface area contributed by atoms with E-state index in [9.17, 15) is 0 Å². The molecular formula is C19H21BrCl2N6S. The van der Waals surface area contributed by atoms with Crippen LogP contribution in [-0.4, -0.2) is 36.6 Å². The van der Waals surface area contributed by atoms with Gasteiger partial charge in [-0.3, -0.25) is 9.36 Å². The van der Waals surface area contributed by atoms with Crippen LogP contribution in [0.2, 0.25) is 10.0 Å². The second kappa shape index (κ2) is 9.04. The lowest BCUT2D eigenvalue weighted by atomic mass is 10.2. The molecule has 2 aromatic heterocycles. The zero-order valence-corrected chi connectivity index (χ0v) is 20.4. The van der Waals surface area contributed by atoms with Gasteiger partial charge >= 0.3 is 0 Å². The van der Waals surface area contributed by atoms with Crippen molar-refractivity contribution in [3.05, 3.63) is 61.6 Å². The van der Waals surface area contributed by atoms with Crippen LogP contribution < -0.4 is 5.32 Å². The van der Waals surface area contributed by atoms with Crippen molar-refractivity contribution in [1.82, 2.24) is 24.5 Å². The summed E-state index contributed by atoms with van der Waals surface area (Å²) in [5.41, 5.74) is 4.84. The van der Waals surface area contributed by atoms with Gasteiger partial charge in [-0.1, -0.05) is 29.3 Å². The summed E-state index contributed by atoms with van der Waals surface area (Å²) in [7, 11) is 3.85. The molecule has 3 aromatic rings. The largest absolute Gasteiger partial charge is 0.346 e. The first-order valence-corrected chi connectivity index (χ1v) is 10.8. The Labute approximate surface area is 193 Å². The quantitative estimate of drug-likeness (QED) is 0.474. The van der Waals surface area contributed by atoms with Gasteiger partial charge < -0.3 is 10.2 Å². The Morgan fingerprint density at radius 3 is 2.62 bits per heavy atom. The fourth-order valence-corrected chi connectivity index (χ4v) is 3.92. The smallest absolute Gasteiger partial charge is 0.173 e. The number of nitrogens with one attached hydrogen (secondary N) is 1. The summed E-state index contributed by atoms with van der Waals surface area (Å²) in [5.74, 6) is 0. The maximum absolute atomic E-state index is 6.13. The van der Waals surface area contributed by atoms with Gasteiger partial charge in [-0.05, 0) is 59.7 Å². The first kappa shape index (κ1) is 22.1. The van der Waals surface area contributed by atoms with Crippen molar-refractivity contribution in [2.75, 3.05) is 12.4 Å². The summed E-state index contributed by atoms with van der Waals surface area (Å²) in [6.45, 7) is 5.19. The number of rotatable bonds is 5. The van der Waals surface area contributed by atoms with Gasteiger partial charge in [-0.25, -0.2) is 0 Å². The van der Waals surface area contributed by atoms with E-state index in [1.807, 2.05) is 54.3 Å². The average molecular weight is 516 g/mol. The fourth-order valence-electron chi connectivity index (χ4n) is 2.96. The zero-order valence-electron chi connectivity index (χ0n) is 16.5. The number of aryl methyl sites for hydroxylation is 2. The summed E-state index contributed by atoms with van der Waals surface area (Å²) >= 11 is 21.3. The molecule has 10 heteroatoms. The van der Waals surface area contributed by atoms with Crippen LogP contribution in [0.4, 0.5) is 5.69 Å². The summed E-state index contributed by atoms with van der Waals surface area (Å²) < 4.78 is 4.71. The Hall–Kier alpha value is -1.61. The molecule has 0 atom stereocenters. The molecule has 0 unspecified atom stereocenters. The van der Waals surface area contributed by atoms with Gasteiger partial charge in [0, 0.05) is 14.1 Å². The summed E-state index contributed by atoms with van der Waals surface area (Å²) in [6.07, 6.45) is 1.78. The van der Waals surface area contributed by atoms with Gasteiger partial charge in [-0.2, -0.15) is 10.2 Å². The number of anilines is 1. The zero-order chi connectivity index (χ0) is 21.3. The van der Waals surface area contributed by atoms with Crippen LogP contribution in [0.5, 0.6) is 0 Å². The molecule has 0 spiro atoms. The number of benzene rings is 1. The molecule has 2 heterocycles. The third-order valence-corrected chi connectivity index (χ3v) is 6.49. The Kier molecular flexibility index (Phi) is 6.88. The molecule has 29 heavy (non-hydrogen) atoms. The van der Waals surface area contributed by atoms with E-state index < -0.39 is 0 Å². The van der Waals surface area contributed by atoms with E-state index in [1.54, 1.807) is 12.3 Å². The molecule has 1 aromatic carbocycles. The minimum absolute atomic E-state index is 0.535. The molecule has 0 aliphatic rings. The molecule has 0 amide bonds. The Morgan fingerprint density at radius 2 is 2.00 bits per heavy atom. The number of halogens is 3. The second-order valence-electron chi connectivity index (χ2n) is 6.80. The highest BCUT2D eigenvalue weighted by Crippen LogP contribution is 2.25. The number of nitrogens with zero attached hydrogens (tertiary/aromatic N) is 5. The van der Waals surface area contributed by atoms with Gasteiger partial charge in [0.2, 0.25) is 0 Å². The van der Waals surface area contributed by atoms with Gasteiger partial charge in [-0.15, -0.1) is 0 Å². The second-order valence-corrected chi connectivity index (χ2v) is 8.86. The molecule has 0 radical (unpaired) electrons. The normalized spacial score (nSPS) is 11.0. The Bertz CT molecular complexity index is 1040. The number of hydrogen-bond acceptors (Lipinski definition) is 3. The number of aromatic nitrogens is 4. The van der Waals surface area contributed by atoms with Crippen molar-refractivity contribution >= 4 is 62.1 Å². The predicted octanol–water partition coefficient (Wildman–Crippen LogP) is 5.18. The lowest BCUT2D eigenvalue weighted by Gasteiger charge is -2.21. The molecule has 154 valence electrons. The van der Waals surface area contributed by atoms with Crippen molar-refractivity contribution in [3.63, 3.8) is 0 Å². The molecule has 0 saturated carbocycles. The van der Waals surface area contributed by atoms with Crippen LogP contribution in [0, 0.1) is 13.8 Å². The molecule has 0 aliphatic carbocycles. The third-order valence-electron chi connectivity index (χ3n) is 4.67. The molecule has 6 nitrogen and oxygen atoms in total. The van der Waals surface area contributed by atoms with Crippen LogP contribution >= 0.6 is 51.3 Å². The van der Waals surface area contributed by atoms with Crippen LogP contribution in [-0.2, 0) is 20.1 Å². The van der Waals surface area contributed by atoms with Crippen molar-refractivity contribution in [1.29, 1.82) is 0 Å². The van der Waals surface area contributed by atoms with Gasteiger partial charge in [0.25, 0.3) is 0 Å². The Balaban J connectivity index is 1.74. The predicted molar refractivity (Wildman–Crippen MR) is 126 cm³/mol. The minimum atomic E-state index is 0.535. The summed E-state index contributed by atoms with van der Waals surface area (Å²) in [5, 5.41) is 13.9. The van der Waals surface area contributed by atoms with Crippen LogP contribution in [0.1, 0.15) is 22.6 Å². The highest BCUT2D eigenvalue weighted by molar-refractivity contribution is 9.10. The summed E-state index contributed by atoms with van der Waals surface area (Å²) in [4.78, 5) is 1.96. The van der Waals surface area contributed by atoms with Gasteiger partial charge in [0.1, 0.15) is 0 Å². The fraction of sp³-hybridized carbons (Fsp3) is 0.316. The van der Waals surface area contributed by atoms with E-state index in [0.29, 0.717) is 28.2 Å². The first-order valence-electron chi connectivity index (χ1n) is 8.83. The van der Waals surface area contributed by atoms with Crippen LogP contribution in [0.15, 0.2) is 28.9 Å². The van der Waals surface area contributed by atoms with E-state index >= 15 is 0 Å². The molecule has 0 bridgehead atoms. The molecule has 3 rings (SSSR count). The topological polar surface area (TPSA) is 50.9 Å². The van der Waals surface area contributed by atoms with E-state index in [4.69, 9.17) is 35.4 Å². The standard InChI is InChI=1S/C19H21BrCl2N6S/c1-11-18(24-19(29)26(3)10-17-14(20)8-23-27(17)4)12(2)28(25-11)9-13-5-6-15(21)16(22)7-13/h5-8H,9-10H2,1-4H3,(H,24,29). The van der Waals surface area contributed by atoms with Gasteiger partial charge in [0.15, 0.2) is 5.11 Å². The SMILES string of the molecule is Cc1nn(Cc2ccc(Cl)c(Cl)c2)c(C)c1NC(=S)N(C)Cc1c(Br)cnn1C. The van der Waals surface area contributed by atoms with Crippen LogP contribution in [0.25, 0.3) is 0 Å². The minimum Gasteiger partial charge on any atom is -0.346 e. The maximum Gasteiger partial charge on any atom is 0.173 e. The molecule has 0 aliphatic heterocycles.